The Morgan fingerprint density at radius 1 is 1.43 bits per heavy atom. The van der Waals surface area contributed by atoms with Crippen LogP contribution in [0.15, 0.2) is 11.6 Å². The van der Waals surface area contributed by atoms with Gasteiger partial charge in [-0.1, -0.05) is 27.7 Å². The van der Waals surface area contributed by atoms with E-state index in [-0.39, 0.29) is 29.8 Å². The Balaban J connectivity index is 2.69. The van der Waals surface area contributed by atoms with Gasteiger partial charge < -0.3 is 10.2 Å². The summed E-state index contributed by atoms with van der Waals surface area (Å²) < 4.78 is 0. The van der Waals surface area contributed by atoms with Crippen molar-refractivity contribution in [2.75, 3.05) is 11.9 Å². The number of rotatable bonds is 6. The molecule has 1 N–H and O–H groups in total. The standard InChI is InChI=1S/C15H25N3O2S/c1-6-11(2)18(13(20)9-15(3,4)5)10-12(19)17-14-16-7-8-21-14/h7-8,11H,6,9-10H2,1-5H3,(H,16,17,19). The molecule has 0 aliphatic rings. The second kappa shape index (κ2) is 7.54. The minimum atomic E-state index is -0.201. The Labute approximate surface area is 130 Å². The van der Waals surface area contributed by atoms with Gasteiger partial charge >= 0.3 is 0 Å². The Bertz CT molecular complexity index is 466. The van der Waals surface area contributed by atoms with Crippen LogP contribution in [0, 0.1) is 5.41 Å². The summed E-state index contributed by atoms with van der Waals surface area (Å²) in [6.45, 7) is 10.1. The van der Waals surface area contributed by atoms with Gasteiger partial charge in [-0.2, -0.15) is 0 Å². The fourth-order valence-electron chi connectivity index (χ4n) is 1.86. The molecular weight excluding hydrogens is 286 g/mol. The molecule has 1 unspecified atom stereocenters. The summed E-state index contributed by atoms with van der Waals surface area (Å²) in [4.78, 5) is 30.2. The fourth-order valence-corrected chi connectivity index (χ4v) is 2.41. The van der Waals surface area contributed by atoms with E-state index in [4.69, 9.17) is 0 Å². The van der Waals surface area contributed by atoms with Crippen molar-refractivity contribution in [1.29, 1.82) is 0 Å². The van der Waals surface area contributed by atoms with E-state index in [1.807, 2.05) is 34.6 Å². The van der Waals surface area contributed by atoms with Gasteiger partial charge in [0.2, 0.25) is 11.8 Å². The first-order valence-electron chi connectivity index (χ1n) is 7.21. The second-order valence-corrected chi connectivity index (χ2v) is 7.30. The molecule has 1 atom stereocenters. The highest BCUT2D eigenvalue weighted by molar-refractivity contribution is 7.13. The highest BCUT2D eigenvalue weighted by Gasteiger charge is 2.26. The highest BCUT2D eigenvalue weighted by Crippen LogP contribution is 2.21. The van der Waals surface area contributed by atoms with Crippen LogP contribution in [0.2, 0.25) is 0 Å². The van der Waals surface area contributed by atoms with E-state index in [1.54, 1.807) is 16.5 Å². The van der Waals surface area contributed by atoms with Gasteiger partial charge in [-0.3, -0.25) is 9.59 Å². The number of nitrogens with zero attached hydrogens (tertiary/aromatic N) is 2. The van der Waals surface area contributed by atoms with Gasteiger partial charge in [0, 0.05) is 24.0 Å². The summed E-state index contributed by atoms with van der Waals surface area (Å²) in [6.07, 6.45) is 2.89. The van der Waals surface area contributed by atoms with Crippen molar-refractivity contribution in [3.8, 4) is 0 Å². The summed E-state index contributed by atoms with van der Waals surface area (Å²) in [5.74, 6) is -0.182. The maximum atomic E-state index is 12.4. The van der Waals surface area contributed by atoms with Crippen LogP contribution in [0.4, 0.5) is 5.13 Å². The van der Waals surface area contributed by atoms with Gasteiger partial charge in [0.15, 0.2) is 5.13 Å². The minimum absolute atomic E-state index is 0.0196. The molecule has 0 aromatic carbocycles. The molecule has 0 spiro atoms. The van der Waals surface area contributed by atoms with E-state index in [1.165, 1.54) is 11.3 Å². The van der Waals surface area contributed by atoms with Gasteiger partial charge in [0.1, 0.15) is 6.54 Å². The molecule has 0 fully saturated rings. The molecule has 0 radical (unpaired) electrons. The number of amides is 2. The third-order valence-corrected chi connectivity index (χ3v) is 3.81. The normalized spacial score (nSPS) is 12.8. The number of carbonyl (C=O) groups is 2. The number of hydrogen-bond donors (Lipinski definition) is 1. The third kappa shape index (κ3) is 6.25. The monoisotopic (exact) mass is 311 g/mol. The van der Waals surface area contributed by atoms with Crippen LogP contribution >= 0.6 is 11.3 Å². The van der Waals surface area contributed by atoms with Crippen molar-refractivity contribution in [2.45, 2.75) is 53.5 Å². The van der Waals surface area contributed by atoms with Crippen LogP contribution in [0.1, 0.15) is 47.5 Å². The topological polar surface area (TPSA) is 62.3 Å². The molecule has 5 nitrogen and oxygen atoms in total. The van der Waals surface area contributed by atoms with Crippen molar-refractivity contribution in [1.82, 2.24) is 9.88 Å². The van der Waals surface area contributed by atoms with Gasteiger partial charge in [-0.05, 0) is 18.8 Å². The molecule has 0 saturated heterocycles. The number of aromatic nitrogens is 1. The van der Waals surface area contributed by atoms with E-state index in [0.29, 0.717) is 11.6 Å². The van der Waals surface area contributed by atoms with E-state index in [2.05, 4.69) is 10.3 Å². The van der Waals surface area contributed by atoms with Crippen molar-refractivity contribution in [3.05, 3.63) is 11.6 Å². The van der Waals surface area contributed by atoms with Gasteiger partial charge in [-0.25, -0.2) is 4.98 Å². The predicted molar refractivity (Wildman–Crippen MR) is 86.3 cm³/mol. The first-order chi connectivity index (χ1) is 9.73. The number of hydrogen-bond acceptors (Lipinski definition) is 4. The molecule has 118 valence electrons. The Hall–Kier alpha value is -1.43. The van der Waals surface area contributed by atoms with Gasteiger partial charge in [0.25, 0.3) is 0 Å². The van der Waals surface area contributed by atoms with Crippen molar-refractivity contribution in [2.24, 2.45) is 5.41 Å². The molecule has 1 heterocycles. The van der Waals surface area contributed by atoms with Crippen LogP contribution in [-0.2, 0) is 9.59 Å². The van der Waals surface area contributed by atoms with Crippen LogP contribution in [0.25, 0.3) is 0 Å². The van der Waals surface area contributed by atoms with Gasteiger partial charge in [0.05, 0.1) is 0 Å². The zero-order valence-corrected chi connectivity index (χ0v) is 14.3. The summed E-state index contributed by atoms with van der Waals surface area (Å²) in [6, 6.07) is 0.0434. The minimum Gasteiger partial charge on any atom is -0.331 e. The maximum Gasteiger partial charge on any atom is 0.245 e. The first-order valence-corrected chi connectivity index (χ1v) is 8.09. The van der Waals surface area contributed by atoms with E-state index < -0.39 is 0 Å². The average Bonchev–Trinajstić information content (AvgIpc) is 2.85. The molecule has 6 heteroatoms. The molecule has 1 aromatic rings. The highest BCUT2D eigenvalue weighted by atomic mass is 32.1. The molecule has 0 bridgehead atoms. The first kappa shape index (κ1) is 17.6. The van der Waals surface area contributed by atoms with Crippen LogP contribution < -0.4 is 5.32 Å². The lowest BCUT2D eigenvalue weighted by Crippen LogP contribution is -2.44. The average molecular weight is 311 g/mol. The number of anilines is 1. The molecule has 0 aliphatic carbocycles. The Morgan fingerprint density at radius 3 is 2.57 bits per heavy atom. The maximum absolute atomic E-state index is 12.4. The molecule has 0 aliphatic heterocycles. The summed E-state index contributed by atoms with van der Waals surface area (Å²) >= 11 is 1.36. The molecule has 1 aromatic heterocycles. The van der Waals surface area contributed by atoms with E-state index in [9.17, 15) is 9.59 Å². The number of carbonyl (C=O) groups excluding carboxylic acids is 2. The molecule has 2 amide bonds. The van der Waals surface area contributed by atoms with Crippen LogP contribution in [-0.4, -0.2) is 34.3 Å². The van der Waals surface area contributed by atoms with E-state index >= 15 is 0 Å². The summed E-state index contributed by atoms with van der Waals surface area (Å²) in [5, 5.41) is 5.08. The quantitative estimate of drug-likeness (QED) is 0.878. The number of nitrogens with one attached hydrogen (secondary N) is 1. The molecule has 21 heavy (non-hydrogen) atoms. The predicted octanol–water partition coefficient (Wildman–Crippen LogP) is 3.14. The summed E-state index contributed by atoms with van der Waals surface area (Å²) in [7, 11) is 0. The second-order valence-electron chi connectivity index (χ2n) is 6.40. The number of thiazole rings is 1. The van der Waals surface area contributed by atoms with Crippen molar-refractivity contribution < 1.29 is 9.59 Å². The SMILES string of the molecule is CCC(C)N(CC(=O)Nc1nccs1)C(=O)CC(C)(C)C. The lowest BCUT2D eigenvalue weighted by Gasteiger charge is -2.30. The van der Waals surface area contributed by atoms with Crippen molar-refractivity contribution in [3.63, 3.8) is 0 Å². The molecule has 1 rings (SSSR count). The van der Waals surface area contributed by atoms with Gasteiger partial charge in [-0.15, -0.1) is 11.3 Å². The van der Waals surface area contributed by atoms with E-state index in [0.717, 1.165) is 6.42 Å². The molecular formula is C15H25N3O2S. The van der Waals surface area contributed by atoms with Crippen LogP contribution in [0.5, 0.6) is 0 Å². The zero-order chi connectivity index (χ0) is 16.0. The smallest absolute Gasteiger partial charge is 0.245 e. The lowest BCUT2D eigenvalue weighted by atomic mass is 9.91. The largest absolute Gasteiger partial charge is 0.331 e. The zero-order valence-electron chi connectivity index (χ0n) is 13.5. The Morgan fingerprint density at radius 2 is 2.10 bits per heavy atom. The molecule has 0 saturated carbocycles. The lowest BCUT2D eigenvalue weighted by molar-refractivity contribution is -0.138. The van der Waals surface area contributed by atoms with Crippen molar-refractivity contribution >= 4 is 28.3 Å². The third-order valence-electron chi connectivity index (χ3n) is 3.12. The fraction of sp³-hybridized carbons (Fsp3) is 0.667. The summed E-state index contributed by atoms with van der Waals surface area (Å²) in [5.41, 5.74) is -0.0887. The van der Waals surface area contributed by atoms with Crippen LogP contribution in [0.3, 0.4) is 0 Å². The Kier molecular flexibility index (Phi) is 6.33.